The predicted octanol–water partition coefficient (Wildman–Crippen LogP) is 18.5. The van der Waals surface area contributed by atoms with Crippen LogP contribution in [0.15, 0.2) is 241 Å². The number of anilines is 3. The quantitative estimate of drug-likeness (QED) is 0.159. The number of benzene rings is 10. The molecule has 0 radical (unpaired) electrons. The van der Waals surface area contributed by atoms with Gasteiger partial charge in [-0.1, -0.05) is 153 Å². The molecule has 11 aromatic carbocycles. The van der Waals surface area contributed by atoms with Gasteiger partial charge in [-0.25, -0.2) is 0 Å². The molecule has 4 heteroatoms. The molecule has 0 saturated carbocycles. The summed E-state index contributed by atoms with van der Waals surface area (Å²) in [5, 5.41) is 6.89. The Morgan fingerprint density at radius 3 is 1.84 bits per heavy atom. The Hall–Kier alpha value is -9.56. The van der Waals surface area contributed by atoms with Crippen molar-refractivity contribution in [1.82, 2.24) is 9.13 Å². The van der Waals surface area contributed by atoms with E-state index < -0.39 is 0 Å². The minimum atomic E-state index is -0.180. The van der Waals surface area contributed by atoms with Crippen LogP contribution in [-0.4, -0.2) is 9.13 Å². The third-order valence-corrected chi connectivity index (χ3v) is 15.5. The van der Waals surface area contributed by atoms with Crippen molar-refractivity contribution in [3.05, 3.63) is 260 Å². The Bertz CT molecular complexity index is 4520. The molecule has 1 aliphatic carbocycles. The molecule has 0 atom stereocenters. The van der Waals surface area contributed by atoms with Gasteiger partial charge in [-0.05, 0) is 148 Å². The minimum absolute atomic E-state index is 0.180. The molecule has 14 aromatic rings. The average molecular weight is 932 g/mol. The molecule has 0 bridgehead atoms. The largest absolute Gasteiger partial charge is 0.456 e. The second-order valence-electron chi connectivity index (χ2n) is 19.9. The maximum absolute atomic E-state index is 6.77. The third-order valence-electron chi connectivity index (χ3n) is 15.5. The van der Waals surface area contributed by atoms with E-state index in [1.807, 2.05) is 0 Å². The fourth-order valence-electron chi connectivity index (χ4n) is 12.2. The summed E-state index contributed by atoms with van der Waals surface area (Å²) in [5.74, 6) is 0. The van der Waals surface area contributed by atoms with Crippen LogP contribution in [0.5, 0.6) is 0 Å². The lowest BCUT2D eigenvalue weighted by Gasteiger charge is -2.29. The van der Waals surface area contributed by atoms with Crippen molar-refractivity contribution in [3.8, 4) is 44.8 Å². The van der Waals surface area contributed by atoms with Crippen molar-refractivity contribution in [3.63, 3.8) is 0 Å². The lowest BCUT2D eigenvalue weighted by molar-refractivity contribution is 0.660. The van der Waals surface area contributed by atoms with Crippen LogP contribution in [-0.2, 0) is 5.41 Å². The van der Waals surface area contributed by atoms with Crippen molar-refractivity contribution < 1.29 is 4.42 Å². The number of para-hydroxylation sites is 4. The summed E-state index contributed by atoms with van der Waals surface area (Å²) in [4.78, 5) is 2.43. The molecule has 0 aliphatic heterocycles. The van der Waals surface area contributed by atoms with E-state index in [2.05, 4.69) is 277 Å². The minimum Gasteiger partial charge on any atom is -0.456 e. The molecular formula is C69H45N3O. The van der Waals surface area contributed by atoms with E-state index in [0.717, 1.165) is 83.5 Å². The fourth-order valence-corrected chi connectivity index (χ4v) is 12.2. The number of hydrogen-bond donors (Lipinski definition) is 0. The summed E-state index contributed by atoms with van der Waals surface area (Å²) >= 11 is 0. The van der Waals surface area contributed by atoms with Crippen LogP contribution in [0.4, 0.5) is 17.1 Å². The molecular weight excluding hydrogens is 887 g/mol. The summed E-state index contributed by atoms with van der Waals surface area (Å²) in [6.07, 6.45) is 0. The second-order valence-corrected chi connectivity index (χ2v) is 19.9. The highest BCUT2D eigenvalue weighted by Gasteiger charge is 2.36. The first-order valence-electron chi connectivity index (χ1n) is 25.1. The van der Waals surface area contributed by atoms with E-state index in [-0.39, 0.29) is 5.41 Å². The van der Waals surface area contributed by atoms with E-state index >= 15 is 0 Å². The highest BCUT2D eigenvalue weighted by atomic mass is 16.3. The van der Waals surface area contributed by atoms with Gasteiger partial charge in [0.1, 0.15) is 16.7 Å². The predicted molar refractivity (Wildman–Crippen MR) is 303 cm³/mol. The van der Waals surface area contributed by atoms with Gasteiger partial charge in [0.25, 0.3) is 0 Å². The summed E-state index contributed by atoms with van der Waals surface area (Å²) in [6.45, 7) is 4.71. The van der Waals surface area contributed by atoms with Gasteiger partial charge in [0, 0.05) is 60.7 Å². The van der Waals surface area contributed by atoms with Crippen LogP contribution in [0.25, 0.3) is 110 Å². The van der Waals surface area contributed by atoms with Crippen molar-refractivity contribution in [2.75, 3.05) is 4.90 Å². The zero-order valence-electron chi connectivity index (χ0n) is 40.3. The maximum Gasteiger partial charge on any atom is 0.137 e. The van der Waals surface area contributed by atoms with Gasteiger partial charge in [0.05, 0.1) is 27.6 Å². The summed E-state index contributed by atoms with van der Waals surface area (Å²) in [7, 11) is 0. The Morgan fingerprint density at radius 2 is 1.03 bits per heavy atom. The highest BCUT2D eigenvalue weighted by Crippen LogP contribution is 2.52. The molecule has 0 unspecified atom stereocenters. The lowest BCUT2D eigenvalue weighted by atomic mass is 9.82. The fraction of sp³-hybridized carbons (Fsp3) is 0.0435. The number of nitrogens with zero attached hydrogens (tertiary/aromatic N) is 3. The molecule has 73 heavy (non-hydrogen) atoms. The zero-order chi connectivity index (χ0) is 48.4. The van der Waals surface area contributed by atoms with Crippen LogP contribution in [0, 0.1) is 12.1 Å². The van der Waals surface area contributed by atoms with E-state index in [9.17, 15) is 0 Å². The number of rotatable bonds is 7. The molecule has 0 fully saturated rings. The molecule has 0 saturated heterocycles. The van der Waals surface area contributed by atoms with Crippen molar-refractivity contribution >= 4 is 82.6 Å². The molecule has 342 valence electrons. The van der Waals surface area contributed by atoms with Crippen LogP contribution in [0.1, 0.15) is 25.0 Å². The summed E-state index contributed by atoms with van der Waals surface area (Å²) < 4.78 is 11.4. The average Bonchev–Trinajstić information content (AvgIpc) is 4.16. The first-order chi connectivity index (χ1) is 36.0. The molecule has 4 nitrogen and oxygen atoms in total. The van der Waals surface area contributed by atoms with Crippen LogP contribution >= 0.6 is 0 Å². The molecule has 1 aliphatic rings. The standard InChI is InChI=1S/C69H45N3O/c1-69(2)58-25-12-9-21-52(58)53-38-37-50(43-59(53)69)70(49-35-31-44(32-36-49)51-24-15-28-63-67(51)55-23-11-14-27-61(55)72(63)48-19-7-4-8-20-48)64-29-16-30-66-68(64)57-42-46(34-40-65(57)73-66)45-33-39-62-56(41-45)54-22-10-13-26-60(54)71(62)47-17-5-3-6-18-47/h3-32,34-38,40-43H,1-2H3. The normalized spacial score (nSPS) is 12.8. The SMILES string of the molecule is CC1(C)c2ccccc2-c2ccc(N(c3ccc(-c4cccc5c4c4ccccc4n5-c4ccccc4)cc3)c3cccc4oc5ccc(-c6c#cc7c(c6)c6ccccc6n7-c6ccccc6)cc5c34)cc21. The van der Waals surface area contributed by atoms with Gasteiger partial charge in [-0.2, -0.15) is 0 Å². The Balaban J connectivity index is 0.908. The van der Waals surface area contributed by atoms with E-state index in [1.165, 1.54) is 55.0 Å². The Kier molecular flexibility index (Phi) is 8.88. The number of fused-ring (bicyclic) bond motifs is 12. The van der Waals surface area contributed by atoms with Gasteiger partial charge in [0.2, 0.25) is 0 Å². The third kappa shape index (κ3) is 6.16. The van der Waals surface area contributed by atoms with Gasteiger partial charge >= 0.3 is 0 Å². The number of hydrogen-bond acceptors (Lipinski definition) is 2. The molecule has 3 aromatic heterocycles. The van der Waals surface area contributed by atoms with Crippen LogP contribution in [0.2, 0.25) is 0 Å². The van der Waals surface area contributed by atoms with Crippen molar-refractivity contribution in [2.24, 2.45) is 0 Å². The topological polar surface area (TPSA) is 26.2 Å². The molecule has 15 rings (SSSR count). The lowest BCUT2D eigenvalue weighted by Crippen LogP contribution is -2.16. The van der Waals surface area contributed by atoms with Gasteiger partial charge in [-0.15, -0.1) is 0 Å². The molecule has 3 heterocycles. The van der Waals surface area contributed by atoms with Crippen molar-refractivity contribution in [1.29, 1.82) is 0 Å². The van der Waals surface area contributed by atoms with E-state index in [0.29, 0.717) is 0 Å². The Morgan fingerprint density at radius 1 is 0.397 bits per heavy atom. The Labute approximate surface area is 422 Å². The van der Waals surface area contributed by atoms with Gasteiger partial charge in [-0.3, -0.25) is 0 Å². The van der Waals surface area contributed by atoms with Gasteiger partial charge < -0.3 is 18.5 Å². The zero-order valence-corrected chi connectivity index (χ0v) is 40.3. The number of furan rings is 1. The van der Waals surface area contributed by atoms with Crippen molar-refractivity contribution in [2.45, 2.75) is 19.3 Å². The first kappa shape index (κ1) is 41.2. The van der Waals surface area contributed by atoms with Crippen LogP contribution < -0.4 is 4.90 Å². The monoisotopic (exact) mass is 931 g/mol. The molecule has 0 N–H and O–H groups in total. The highest BCUT2D eigenvalue weighted by molar-refractivity contribution is 6.17. The second kappa shape index (κ2) is 15.7. The maximum atomic E-state index is 6.77. The van der Waals surface area contributed by atoms with Crippen LogP contribution in [0.3, 0.4) is 0 Å². The smallest absolute Gasteiger partial charge is 0.137 e. The molecule has 0 amide bonds. The van der Waals surface area contributed by atoms with E-state index in [4.69, 9.17) is 4.42 Å². The summed E-state index contributed by atoms with van der Waals surface area (Å²) in [6, 6.07) is 92.8. The first-order valence-corrected chi connectivity index (χ1v) is 25.1. The van der Waals surface area contributed by atoms with Gasteiger partial charge in [0.15, 0.2) is 0 Å². The summed E-state index contributed by atoms with van der Waals surface area (Å²) in [5.41, 5.74) is 21.1. The molecule has 0 spiro atoms. The number of aromatic nitrogens is 2. The van der Waals surface area contributed by atoms with E-state index in [1.54, 1.807) is 0 Å².